The minimum absolute atomic E-state index is 0.244. The number of hydrogen-bond acceptors (Lipinski definition) is 4. The second-order valence-electron chi connectivity index (χ2n) is 2.68. The topological polar surface area (TPSA) is 67.6 Å². The molecule has 1 heterocycles. The monoisotopic (exact) mass is 186 g/mol. The van der Waals surface area contributed by atoms with Crippen molar-refractivity contribution in [3.63, 3.8) is 0 Å². The molecule has 0 saturated heterocycles. The number of rotatable bonds is 4. The third kappa shape index (κ3) is 2.83. The molecule has 1 unspecified atom stereocenters. The van der Waals surface area contributed by atoms with Crippen molar-refractivity contribution in [1.82, 2.24) is 15.2 Å². The normalized spacial score (nSPS) is 13.2. The van der Waals surface area contributed by atoms with E-state index < -0.39 is 0 Å². The molecule has 1 atom stereocenters. The average molecular weight is 186 g/mol. The first-order valence-electron chi connectivity index (χ1n) is 3.99. The number of aromatic amines is 1. The van der Waals surface area contributed by atoms with Gasteiger partial charge in [0.1, 0.15) is 5.82 Å². The predicted octanol–water partition coefficient (Wildman–Crippen LogP) is 0.943. The van der Waals surface area contributed by atoms with Gasteiger partial charge in [0.2, 0.25) is 5.16 Å². The summed E-state index contributed by atoms with van der Waals surface area (Å²) in [5, 5.41) is 7.57. The summed E-state index contributed by atoms with van der Waals surface area (Å²) >= 11 is 1.60. The second kappa shape index (κ2) is 4.47. The van der Waals surface area contributed by atoms with Crippen LogP contribution in [0.5, 0.6) is 0 Å². The maximum Gasteiger partial charge on any atom is 0.208 e. The molecule has 1 aromatic heterocycles. The Bertz CT molecular complexity index is 235. The van der Waals surface area contributed by atoms with Crippen LogP contribution in [-0.2, 0) is 0 Å². The van der Waals surface area contributed by atoms with Crippen LogP contribution in [0.15, 0.2) is 5.16 Å². The number of nitrogens with one attached hydrogen (secondary N) is 1. The number of nitrogens with two attached hydrogens (primary N) is 1. The molecule has 0 amide bonds. The third-order valence-electron chi connectivity index (χ3n) is 1.53. The summed E-state index contributed by atoms with van der Waals surface area (Å²) in [6, 6.07) is 0.244. The highest BCUT2D eigenvalue weighted by Gasteiger charge is 2.03. The first kappa shape index (κ1) is 9.54. The van der Waals surface area contributed by atoms with Gasteiger partial charge in [-0.1, -0.05) is 18.7 Å². The summed E-state index contributed by atoms with van der Waals surface area (Å²) in [5.74, 6) is 1.73. The molecule has 0 aliphatic rings. The van der Waals surface area contributed by atoms with Crippen molar-refractivity contribution in [3.8, 4) is 0 Å². The first-order chi connectivity index (χ1) is 5.72. The Labute approximate surface area is 76.3 Å². The molecule has 0 aromatic carbocycles. The Morgan fingerprint density at radius 3 is 2.92 bits per heavy atom. The molecule has 0 aliphatic heterocycles. The van der Waals surface area contributed by atoms with Gasteiger partial charge >= 0.3 is 0 Å². The van der Waals surface area contributed by atoms with Gasteiger partial charge in [-0.25, -0.2) is 4.98 Å². The molecule has 1 aromatic rings. The van der Waals surface area contributed by atoms with E-state index in [1.54, 1.807) is 11.8 Å². The third-order valence-corrected chi connectivity index (χ3v) is 2.56. The van der Waals surface area contributed by atoms with Crippen LogP contribution in [0.1, 0.15) is 19.2 Å². The molecule has 0 aliphatic carbocycles. The van der Waals surface area contributed by atoms with E-state index in [-0.39, 0.29) is 6.04 Å². The smallest absolute Gasteiger partial charge is 0.208 e. The van der Waals surface area contributed by atoms with Crippen LogP contribution in [0.2, 0.25) is 0 Å². The number of thioether (sulfide) groups is 1. The average Bonchev–Trinajstić information content (AvgIpc) is 2.47. The van der Waals surface area contributed by atoms with E-state index in [0.717, 1.165) is 23.2 Å². The lowest BCUT2D eigenvalue weighted by molar-refractivity contribution is 0.723. The Kier molecular flexibility index (Phi) is 3.55. The van der Waals surface area contributed by atoms with Crippen molar-refractivity contribution in [1.29, 1.82) is 0 Å². The zero-order chi connectivity index (χ0) is 8.97. The van der Waals surface area contributed by atoms with Crippen molar-refractivity contribution in [2.45, 2.75) is 31.5 Å². The van der Waals surface area contributed by atoms with E-state index in [0.29, 0.717) is 0 Å². The van der Waals surface area contributed by atoms with Gasteiger partial charge < -0.3 is 5.73 Å². The summed E-state index contributed by atoms with van der Waals surface area (Å²) in [6.07, 6.45) is 0.996. The SMILES string of the molecule is CCC(N)CSc1n[nH]c(C)n1. The van der Waals surface area contributed by atoms with E-state index in [4.69, 9.17) is 5.73 Å². The number of H-pyrrole nitrogens is 1. The second-order valence-corrected chi connectivity index (χ2v) is 3.67. The Hall–Kier alpha value is -0.550. The summed E-state index contributed by atoms with van der Waals surface area (Å²) in [7, 11) is 0. The van der Waals surface area contributed by atoms with E-state index in [9.17, 15) is 0 Å². The maximum atomic E-state index is 5.74. The zero-order valence-corrected chi connectivity index (χ0v) is 8.19. The van der Waals surface area contributed by atoms with Crippen molar-refractivity contribution in [2.75, 3.05) is 5.75 Å². The van der Waals surface area contributed by atoms with Crippen LogP contribution in [-0.4, -0.2) is 27.0 Å². The fourth-order valence-corrected chi connectivity index (χ4v) is 1.60. The van der Waals surface area contributed by atoms with E-state index >= 15 is 0 Å². The number of hydrogen-bond donors (Lipinski definition) is 2. The van der Waals surface area contributed by atoms with Crippen molar-refractivity contribution in [2.24, 2.45) is 5.73 Å². The van der Waals surface area contributed by atoms with E-state index in [1.807, 2.05) is 6.92 Å². The highest BCUT2D eigenvalue weighted by Crippen LogP contribution is 2.13. The first-order valence-corrected chi connectivity index (χ1v) is 4.98. The largest absolute Gasteiger partial charge is 0.327 e. The minimum Gasteiger partial charge on any atom is -0.327 e. The van der Waals surface area contributed by atoms with Crippen LogP contribution in [0.25, 0.3) is 0 Å². The highest BCUT2D eigenvalue weighted by molar-refractivity contribution is 7.99. The molecule has 5 heteroatoms. The Balaban J connectivity index is 2.33. The number of aromatic nitrogens is 3. The molecule has 0 radical (unpaired) electrons. The van der Waals surface area contributed by atoms with Gasteiger partial charge in [-0.15, -0.1) is 5.10 Å². The van der Waals surface area contributed by atoms with Crippen LogP contribution in [0.3, 0.4) is 0 Å². The molecule has 0 fully saturated rings. The molecule has 0 bridgehead atoms. The standard InChI is InChI=1S/C7H14N4S/c1-3-6(8)4-12-7-9-5(2)10-11-7/h6H,3-4,8H2,1-2H3,(H,9,10,11). The van der Waals surface area contributed by atoms with Crippen molar-refractivity contribution >= 4 is 11.8 Å². The van der Waals surface area contributed by atoms with Crippen LogP contribution >= 0.6 is 11.8 Å². The van der Waals surface area contributed by atoms with E-state index in [2.05, 4.69) is 22.1 Å². The molecule has 0 spiro atoms. The molecule has 3 N–H and O–H groups in total. The van der Waals surface area contributed by atoms with Gasteiger partial charge in [-0.2, -0.15) is 0 Å². The summed E-state index contributed by atoms with van der Waals surface area (Å²) in [6.45, 7) is 3.96. The van der Waals surface area contributed by atoms with Crippen LogP contribution in [0.4, 0.5) is 0 Å². The predicted molar refractivity (Wildman–Crippen MR) is 50.1 cm³/mol. The molecular weight excluding hydrogens is 172 g/mol. The molecule has 1 rings (SSSR count). The quantitative estimate of drug-likeness (QED) is 0.687. The summed E-state index contributed by atoms with van der Waals surface area (Å²) in [5.41, 5.74) is 5.74. The lowest BCUT2D eigenvalue weighted by atomic mass is 10.3. The summed E-state index contributed by atoms with van der Waals surface area (Å²) < 4.78 is 0. The van der Waals surface area contributed by atoms with Gasteiger partial charge in [0.25, 0.3) is 0 Å². The summed E-state index contributed by atoms with van der Waals surface area (Å²) in [4.78, 5) is 4.16. The lowest BCUT2D eigenvalue weighted by Gasteiger charge is -2.04. The van der Waals surface area contributed by atoms with Gasteiger partial charge in [0.15, 0.2) is 0 Å². The van der Waals surface area contributed by atoms with Gasteiger partial charge in [0.05, 0.1) is 0 Å². The zero-order valence-electron chi connectivity index (χ0n) is 7.37. The fourth-order valence-electron chi connectivity index (χ4n) is 0.686. The molecule has 0 saturated carbocycles. The fraction of sp³-hybridized carbons (Fsp3) is 0.714. The van der Waals surface area contributed by atoms with E-state index in [1.165, 1.54) is 0 Å². The molecule has 68 valence electrons. The Morgan fingerprint density at radius 2 is 2.42 bits per heavy atom. The number of nitrogens with zero attached hydrogens (tertiary/aromatic N) is 2. The van der Waals surface area contributed by atoms with Gasteiger partial charge in [-0.05, 0) is 13.3 Å². The Morgan fingerprint density at radius 1 is 1.67 bits per heavy atom. The van der Waals surface area contributed by atoms with Gasteiger partial charge in [0, 0.05) is 11.8 Å². The van der Waals surface area contributed by atoms with Crippen molar-refractivity contribution in [3.05, 3.63) is 5.82 Å². The highest BCUT2D eigenvalue weighted by atomic mass is 32.2. The molecular formula is C7H14N4S. The molecule has 4 nitrogen and oxygen atoms in total. The van der Waals surface area contributed by atoms with Crippen LogP contribution < -0.4 is 5.73 Å². The molecule has 12 heavy (non-hydrogen) atoms. The lowest BCUT2D eigenvalue weighted by Crippen LogP contribution is -2.21. The maximum absolute atomic E-state index is 5.74. The van der Waals surface area contributed by atoms with Crippen molar-refractivity contribution < 1.29 is 0 Å². The van der Waals surface area contributed by atoms with Gasteiger partial charge in [-0.3, -0.25) is 5.10 Å². The number of aryl methyl sites for hydroxylation is 1. The van der Waals surface area contributed by atoms with Crippen LogP contribution in [0, 0.1) is 6.92 Å². The minimum atomic E-state index is 0.244.